The number of carbonyl (C=O) groups is 2. The third-order valence-electron chi connectivity index (χ3n) is 3.04. The van der Waals surface area contributed by atoms with E-state index in [4.69, 9.17) is 4.55 Å². The molecule has 1 aliphatic rings. The summed E-state index contributed by atoms with van der Waals surface area (Å²) in [6.45, 7) is 0. The molecule has 0 atom stereocenters. The van der Waals surface area contributed by atoms with Crippen LogP contribution in [0.25, 0.3) is 0 Å². The predicted molar refractivity (Wildman–Crippen MR) is 78.3 cm³/mol. The van der Waals surface area contributed by atoms with Crippen LogP contribution in [0.4, 0.5) is 0 Å². The third-order valence-corrected chi connectivity index (χ3v) is 3.46. The fourth-order valence-corrected chi connectivity index (χ4v) is 2.05. The van der Waals surface area contributed by atoms with Crippen molar-refractivity contribution in [2.75, 3.05) is 7.11 Å². The molecular weight excluding hydrogens is 308 g/mol. The maximum absolute atomic E-state index is 12.1. The van der Waals surface area contributed by atoms with Crippen molar-refractivity contribution in [1.82, 2.24) is 0 Å². The van der Waals surface area contributed by atoms with Crippen LogP contribution >= 0.6 is 0 Å². The molecule has 0 heterocycles. The first-order valence-electron chi connectivity index (χ1n) is 6.15. The highest BCUT2D eigenvalue weighted by atomic mass is 32.3. The lowest BCUT2D eigenvalue weighted by atomic mass is 9.84. The molecule has 114 valence electrons. The highest BCUT2D eigenvalue weighted by Crippen LogP contribution is 2.26. The maximum atomic E-state index is 12.1. The highest BCUT2D eigenvalue weighted by molar-refractivity contribution is 7.80. The molecule has 2 aromatic rings. The second-order valence-electron chi connectivity index (χ2n) is 4.34. The lowest BCUT2D eigenvalue weighted by Gasteiger charge is -2.16. The van der Waals surface area contributed by atoms with Crippen molar-refractivity contribution in [3.63, 3.8) is 0 Å². The summed E-state index contributed by atoms with van der Waals surface area (Å²) in [6, 6.07) is 13.9. The summed E-state index contributed by atoms with van der Waals surface area (Å²) in [7, 11) is -3.29. The van der Waals surface area contributed by atoms with E-state index < -0.39 is 10.4 Å². The molecule has 0 fully saturated rings. The Morgan fingerprint density at radius 3 is 1.18 bits per heavy atom. The zero-order valence-electron chi connectivity index (χ0n) is 11.5. The average molecular weight is 320 g/mol. The average Bonchev–Trinajstić information content (AvgIpc) is 2.52. The fourth-order valence-electron chi connectivity index (χ4n) is 2.05. The van der Waals surface area contributed by atoms with Gasteiger partial charge in [0.2, 0.25) is 0 Å². The molecule has 0 radical (unpaired) electrons. The first kappa shape index (κ1) is 16.0. The second kappa shape index (κ2) is 6.18. The Labute approximate surface area is 127 Å². The Hall–Kier alpha value is -2.35. The topological polar surface area (TPSA) is 97.7 Å². The molecule has 2 aromatic carbocycles. The molecule has 3 rings (SSSR count). The van der Waals surface area contributed by atoms with Crippen molar-refractivity contribution in [2.24, 2.45) is 0 Å². The summed E-state index contributed by atoms with van der Waals surface area (Å²) in [5.41, 5.74) is 2.02. The minimum atomic E-state index is -4.16. The van der Waals surface area contributed by atoms with E-state index in [0.29, 0.717) is 22.3 Å². The van der Waals surface area contributed by atoms with E-state index >= 15 is 0 Å². The number of rotatable bonds is 1. The summed E-state index contributed by atoms with van der Waals surface area (Å²) >= 11 is 0. The van der Waals surface area contributed by atoms with Crippen LogP contribution in [0.5, 0.6) is 0 Å². The molecule has 0 amide bonds. The van der Waals surface area contributed by atoms with Crippen LogP contribution in [-0.2, 0) is 14.6 Å². The first-order valence-corrected chi connectivity index (χ1v) is 7.52. The molecule has 0 saturated heterocycles. The number of fused-ring (bicyclic) bond motifs is 2. The van der Waals surface area contributed by atoms with Gasteiger partial charge in [0.25, 0.3) is 0 Å². The van der Waals surface area contributed by atoms with Crippen LogP contribution in [0.2, 0.25) is 0 Å². The van der Waals surface area contributed by atoms with Gasteiger partial charge in [-0.05, 0) is 0 Å². The van der Waals surface area contributed by atoms with Gasteiger partial charge < -0.3 is 0 Å². The Bertz CT molecular complexity index is 733. The predicted octanol–water partition coefficient (Wildman–Crippen LogP) is 1.90. The number of ketones is 2. The molecule has 0 spiro atoms. The standard InChI is InChI=1S/C14H8O2.CH4O4S/c15-13-9-5-1-2-6-10(9)14(16)12-8-4-3-7-11(12)13;1-5-6(2,3)4/h1-8H;1H3,(H,2,3,4). The van der Waals surface area contributed by atoms with Crippen LogP contribution in [-0.4, -0.2) is 31.6 Å². The Balaban J connectivity index is 0.000000254. The number of carbonyl (C=O) groups excluding carboxylic acids is 2. The van der Waals surface area contributed by atoms with Gasteiger partial charge in [0, 0.05) is 22.3 Å². The van der Waals surface area contributed by atoms with E-state index in [1.165, 1.54) is 0 Å². The molecule has 1 aliphatic carbocycles. The molecule has 6 nitrogen and oxygen atoms in total. The second-order valence-corrected chi connectivity index (χ2v) is 5.53. The van der Waals surface area contributed by atoms with Crippen molar-refractivity contribution in [3.8, 4) is 0 Å². The maximum Gasteiger partial charge on any atom is 0.397 e. The van der Waals surface area contributed by atoms with E-state index in [-0.39, 0.29) is 11.6 Å². The van der Waals surface area contributed by atoms with Crippen LogP contribution in [0.3, 0.4) is 0 Å². The summed E-state index contributed by atoms with van der Waals surface area (Å²) in [5.74, 6) is -0.128. The van der Waals surface area contributed by atoms with Gasteiger partial charge in [0.1, 0.15) is 0 Å². The van der Waals surface area contributed by atoms with Crippen molar-refractivity contribution in [1.29, 1.82) is 0 Å². The summed E-state index contributed by atoms with van der Waals surface area (Å²) in [4.78, 5) is 24.2. The Morgan fingerprint density at radius 1 is 0.773 bits per heavy atom. The van der Waals surface area contributed by atoms with E-state index in [2.05, 4.69) is 4.18 Å². The minimum absolute atomic E-state index is 0.0641. The van der Waals surface area contributed by atoms with Gasteiger partial charge in [-0.2, -0.15) is 8.42 Å². The number of benzene rings is 2. The third kappa shape index (κ3) is 3.28. The molecule has 0 aromatic heterocycles. The number of hydrogen-bond donors (Lipinski definition) is 1. The molecular formula is C15H12O6S. The molecule has 0 unspecified atom stereocenters. The van der Waals surface area contributed by atoms with E-state index in [0.717, 1.165) is 7.11 Å². The molecule has 7 heteroatoms. The van der Waals surface area contributed by atoms with Gasteiger partial charge in [0.15, 0.2) is 11.6 Å². The number of hydrogen-bond acceptors (Lipinski definition) is 5. The molecule has 0 bridgehead atoms. The SMILES string of the molecule is COS(=O)(=O)O.O=C1c2ccccc2C(=O)c2ccccc21. The molecule has 0 saturated carbocycles. The van der Waals surface area contributed by atoms with Crippen LogP contribution in [0.1, 0.15) is 31.8 Å². The van der Waals surface area contributed by atoms with Crippen molar-refractivity contribution >= 4 is 22.0 Å². The van der Waals surface area contributed by atoms with Crippen molar-refractivity contribution < 1.29 is 26.7 Å². The van der Waals surface area contributed by atoms with Gasteiger partial charge in [0.05, 0.1) is 7.11 Å². The van der Waals surface area contributed by atoms with E-state index in [9.17, 15) is 18.0 Å². The minimum Gasteiger partial charge on any atom is -0.289 e. The van der Waals surface area contributed by atoms with E-state index in [1.807, 2.05) is 0 Å². The van der Waals surface area contributed by atoms with Crippen LogP contribution in [0, 0.1) is 0 Å². The van der Waals surface area contributed by atoms with Gasteiger partial charge in [-0.3, -0.25) is 18.3 Å². The summed E-state index contributed by atoms with van der Waals surface area (Å²) in [5, 5.41) is 0. The van der Waals surface area contributed by atoms with Crippen LogP contribution < -0.4 is 0 Å². The van der Waals surface area contributed by atoms with Crippen molar-refractivity contribution in [2.45, 2.75) is 0 Å². The zero-order chi connectivity index (χ0) is 16.3. The first-order chi connectivity index (χ1) is 10.3. The lowest BCUT2D eigenvalue weighted by molar-refractivity contribution is 0.0979. The summed E-state index contributed by atoms with van der Waals surface area (Å²) in [6.07, 6.45) is 0. The largest absolute Gasteiger partial charge is 0.397 e. The van der Waals surface area contributed by atoms with Crippen molar-refractivity contribution in [3.05, 3.63) is 70.8 Å². The Kier molecular flexibility index (Phi) is 4.51. The Morgan fingerprint density at radius 2 is 1.00 bits per heavy atom. The summed E-state index contributed by atoms with van der Waals surface area (Å²) < 4.78 is 29.7. The molecule has 1 N–H and O–H groups in total. The zero-order valence-corrected chi connectivity index (χ0v) is 12.3. The van der Waals surface area contributed by atoms with Crippen LogP contribution in [0.15, 0.2) is 48.5 Å². The van der Waals surface area contributed by atoms with Gasteiger partial charge in [-0.25, -0.2) is 0 Å². The lowest BCUT2D eigenvalue weighted by Crippen LogP contribution is -2.20. The van der Waals surface area contributed by atoms with E-state index in [1.54, 1.807) is 48.5 Å². The quantitative estimate of drug-likeness (QED) is 0.688. The molecule has 22 heavy (non-hydrogen) atoms. The normalized spacial score (nSPS) is 12.8. The van der Waals surface area contributed by atoms with Gasteiger partial charge >= 0.3 is 10.4 Å². The monoisotopic (exact) mass is 320 g/mol. The van der Waals surface area contributed by atoms with Gasteiger partial charge in [-0.1, -0.05) is 48.5 Å². The smallest absolute Gasteiger partial charge is 0.289 e. The fraction of sp³-hybridized carbons (Fsp3) is 0.0667. The highest BCUT2D eigenvalue weighted by Gasteiger charge is 2.28. The van der Waals surface area contributed by atoms with Gasteiger partial charge in [-0.15, -0.1) is 0 Å². The molecule has 0 aliphatic heterocycles.